The third-order valence-electron chi connectivity index (χ3n) is 5.01. The van der Waals surface area contributed by atoms with Crippen molar-refractivity contribution in [2.75, 3.05) is 13.2 Å². The first-order valence-corrected chi connectivity index (χ1v) is 8.82. The van der Waals surface area contributed by atoms with Crippen LogP contribution in [0.4, 0.5) is 4.39 Å². The predicted molar refractivity (Wildman–Crippen MR) is 95.8 cm³/mol. The third-order valence-corrected chi connectivity index (χ3v) is 5.01. The zero-order valence-electron chi connectivity index (χ0n) is 14.3. The Morgan fingerprint density at radius 2 is 1.85 bits per heavy atom. The van der Waals surface area contributed by atoms with Gasteiger partial charge in [0.25, 0.3) is 5.91 Å². The molecule has 4 rings (SSSR count). The molecule has 2 atom stereocenters. The third kappa shape index (κ3) is 2.88. The fourth-order valence-corrected chi connectivity index (χ4v) is 3.78. The number of benzene rings is 2. The minimum atomic E-state index is -0.671. The van der Waals surface area contributed by atoms with E-state index in [1.54, 1.807) is 18.2 Å². The quantitative estimate of drug-likeness (QED) is 0.908. The number of hydrogen-bond donors (Lipinski definition) is 1. The van der Waals surface area contributed by atoms with Gasteiger partial charge in [-0.25, -0.2) is 4.39 Å². The standard InChI is InChI=1S/C21H20FNO3/c22-17-11-5-4-10-16(17)19-18(14-7-2-1-3-8-14)20(24)21(25)23(19)13-15-9-6-12-26-15/h1-5,7-8,10-11,15,19,24H,6,9,12-13H2/t15-,19-/m1/s1. The van der Waals surface area contributed by atoms with Gasteiger partial charge in [0.2, 0.25) is 0 Å². The molecule has 0 saturated carbocycles. The Kier molecular flexibility index (Phi) is 4.47. The van der Waals surface area contributed by atoms with E-state index in [0.717, 1.165) is 12.8 Å². The number of ether oxygens (including phenoxy) is 1. The number of aliphatic hydroxyl groups is 1. The van der Waals surface area contributed by atoms with Crippen molar-refractivity contribution in [1.82, 2.24) is 4.90 Å². The zero-order chi connectivity index (χ0) is 18.1. The zero-order valence-corrected chi connectivity index (χ0v) is 14.3. The Bertz CT molecular complexity index is 843. The second kappa shape index (κ2) is 6.92. The molecule has 0 unspecified atom stereocenters. The van der Waals surface area contributed by atoms with Crippen LogP contribution in [0.1, 0.15) is 30.0 Å². The van der Waals surface area contributed by atoms with Gasteiger partial charge in [-0.05, 0) is 24.5 Å². The van der Waals surface area contributed by atoms with E-state index in [9.17, 15) is 14.3 Å². The maximum atomic E-state index is 14.6. The van der Waals surface area contributed by atoms with Crippen molar-refractivity contribution in [3.8, 4) is 0 Å². The lowest BCUT2D eigenvalue weighted by molar-refractivity contribution is -0.131. The lowest BCUT2D eigenvalue weighted by atomic mass is 9.93. The van der Waals surface area contributed by atoms with Gasteiger partial charge < -0.3 is 14.7 Å². The number of hydrogen-bond acceptors (Lipinski definition) is 3. The van der Waals surface area contributed by atoms with Crippen LogP contribution in [0.15, 0.2) is 60.4 Å². The van der Waals surface area contributed by atoms with Gasteiger partial charge >= 0.3 is 0 Å². The summed E-state index contributed by atoms with van der Waals surface area (Å²) in [5.41, 5.74) is 1.53. The molecule has 2 aromatic rings. The number of nitrogens with zero attached hydrogens (tertiary/aromatic N) is 1. The molecule has 2 heterocycles. The average molecular weight is 353 g/mol. The second-order valence-electron chi connectivity index (χ2n) is 6.64. The van der Waals surface area contributed by atoms with Crippen molar-refractivity contribution in [2.24, 2.45) is 0 Å². The predicted octanol–water partition coefficient (Wildman–Crippen LogP) is 3.86. The number of halogens is 1. The molecule has 134 valence electrons. The first kappa shape index (κ1) is 16.8. The van der Waals surface area contributed by atoms with E-state index in [0.29, 0.717) is 29.9 Å². The van der Waals surface area contributed by atoms with E-state index < -0.39 is 17.8 Å². The van der Waals surface area contributed by atoms with Gasteiger partial charge in [0, 0.05) is 24.3 Å². The Morgan fingerprint density at radius 3 is 2.54 bits per heavy atom. The van der Waals surface area contributed by atoms with Gasteiger partial charge in [0.05, 0.1) is 12.1 Å². The van der Waals surface area contributed by atoms with Crippen LogP contribution < -0.4 is 0 Å². The Labute approximate surface area is 151 Å². The second-order valence-corrected chi connectivity index (χ2v) is 6.64. The SMILES string of the molecule is O=C1C(O)=C(c2ccccc2)[C@@H](c2ccccc2F)N1C[C@H]1CCCO1. The van der Waals surface area contributed by atoms with Crippen molar-refractivity contribution in [2.45, 2.75) is 25.0 Å². The Hall–Kier alpha value is -2.66. The van der Waals surface area contributed by atoms with Crippen LogP contribution >= 0.6 is 0 Å². The van der Waals surface area contributed by atoms with E-state index in [2.05, 4.69) is 0 Å². The molecule has 26 heavy (non-hydrogen) atoms. The monoisotopic (exact) mass is 353 g/mol. The van der Waals surface area contributed by atoms with Crippen LogP contribution in [-0.2, 0) is 9.53 Å². The summed E-state index contributed by atoms with van der Waals surface area (Å²) in [6.45, 7) is 1.00. The summed E-state index contributed by atoms with van der Waals surface area (Å²) >= 11 is 0. The number of aliphatic hydroxyl groups excluding tert-OH is 1. The highest BCUT2D eigenvalue weighted by Gasteiger charge is 2.43. The van der Waals surface area contributed by atoms with Gasteiger partial charge in [0.1, 0.15) is 5.82 Å². The fourth-order valence-electron chi connectivity index (χ4n) is 3.78. The summed E-state index contributed by atoms with van der Waals surface area (Å²) < 4.78 is 20.3. The Balaban J connectivity index is 1.80. The summed E-state index contributed by atoms with van der Waals surface area (Å²) in [6, 6.07) is 14.9. The molecule has 0 radical (unpaired) electrons. The van der Waals surface area contributed by atoms with Gasteiger partial charge in [-0.2, -0.15) is 0 Å². The van der Waals surface area contributed by atoms with Crippen molar-refractivity contribution in [3.05, 3.63) is 77.3 Å². The van der Waals surface area contributed by atoms with Crippen LogP contribution in [0.25, 0.3) is 5.57 Å². The van der Waals surface area contributed by atoms with E-state index in [-0.39, 0.29) is 11.9 Å². The molecule has 2 aliphatic heterocycles. The van der Waals surface area contributed by atoms with Gasteiger partial charge in [-0.1, -0.05) is 48.5 Å². The summed E-state index contributed by atoms with van der Waals surface area (Å²) in [5.74, 6) is -1.19. The molecule has 0 spiro atoms. The largest absolute Gasteiger partial charge is 0.503 e. The molecule has 5 heteroatoms. The number of rotatable bonds is 4. The van der Waals surface area contributed by atoms with E-state index >= 15 is 0 Å². The molecule has 1 amide bonds. The first-order valence-electron chi connectivity index (χ1n) is 8.82. The molecular weight excluding hydrogens is 333 g/mol. The van der Waals surface area contributed by atoms with E-state index in [1.807, 2.05) is 30.3 Å². The van der Waals surface area contributed by atoms with Crippen molar-refractivity contribution >= 4 is 11.5 Å². The highest BCUT2D eigenvalue weighted by molar-refractivity contribution is 6.05. The maximum Gasteiger partial charge on any atom is 0.289 e. The average Bonchev–Trinajstić information content (AvgIpc) is 3.25. The lowest BCUT2D eigenvalue weighted by Gasteiger charge is -2.29. The van der Waals surface area contributed by atoms with E-state index in [4.69, 9.17) is 4.74 Å². The van der Waals surface area contributed by atoms with Crippen molar-refractivity contribution in [3.63, 3.8) is 0 Å². The number of carbonyl (C=O) groups excluding carboxylic acids is 1. The summed E-state index contributed by atoms with van der Waals surface area (Å²) in [6.07, 6.45) is 1.72. The number of carbonyl (C=O) groups is 1. The van der Waals surface area contributed by atoms with Crippen molar-refractivity contribution < 1.29 is 19.0 Å². The van der Waals surface area contributed by atoms with Crippen LogP contribution in [0, 0.1) is 5.82 Å². The molecule has 0 aliphatic carbocycles. The highest BCUT2D eigenvalue weighted by atomic mass is 19.1. The van der Waals surface area contributed by atoms with Crippen LogP contribution in [0.2, 0.25) is 0 Å². The van der Waals surface area contributed by atoms with Crippen molar-refractivity contribution in [1.29, 1.82) is 0 Å². The molecule has 1 saturated heterocycles. The van der Waals surface area contributed by atoms with Crippen LogP contribution in [0.3, 0.4) is 0 Å². The fraction of sp³-hybridized carbons (Fsp3) is 0.286. The molecule has 1 N–H and O–H groups in total. The molecule has 2 aliphatic rings. The Morgan fingerprint density at radius 1 is 1.12 bits per heavy atom. The normalized spacial score (nSPS) is 23.1. The summed E-state index contributed by atoms with van der Waals surface area (Å²) in [7, 11) is 0. The first-order chi connectivity index (χ1) is 12.7. The minimum Gasteiger partial charge on any atom is -0.503 e. The summed E-state index contributed by atoms with van der Waals surface area (Å²) in [5, 5.41) is 10.6. The van der Waals surface area contributed by atoms with Crippen LogP contribution in [0.5, 0.6) is 0 Å². The number of amides is 1. The molecule has 0 aromatic heterocycles. The summed E-state index contributed by atoms with van der Waals surface area (Å²) in [4.78, 5) is 14.3. The molecular formula is C21H20FNO3. The molecule has 2 aromatic carbocycles. The van der Waals surface area contributed by atoms with Crippen LogP contribution in [-0.4, -0.2) is 35.2 Å². The minimum absolute atomic E-state index is 0.0869. The van der Waals surface area contributed by atoms with Gasteiger partial charge in [-0.15, -0.1) is 0 Å². The maximum absolute atomic E-state index is 14.6. The lowest BCUT2D eigenvalue weighted by Crippen LogP contribution is -2.37. The van der Waals surface area contributed by atoms with E-state index in [1.165, 1.54) is 11.0 Å². The molecule has 0 bridgehead atoms. The van der Waals surface area contributed by atoms with Gasteiger partial charge in [-0.3, -0.25) is 4.79 Å². The topological polar surface area (TPSA) is 49.8 Å². The van der Waals surface area contributed by atoms with Gasteiger partial charge in [0.15, 0.2) is 5.76 Å². The highest BCUT2D eigenvalue weighted by Crippen LogP contribution is 2.44. The molecule has 4 nitrogen and oxygen atoms in total. The molecule has 1 fully saturated rings. The smallest absolute Gasteiger partial charge is 0.289 e.